The number of ketones is 1. The number of non-ortho nitro benzene ring substituents is 1. The average Bonchev–Trinajstić information content (AvgIpc) is 3.43. The van der Waals surface area contributed by atoms with E-state index < -0.39 is 11.0 Å². The molecule has 0 radical (unpaired) electrons. The van der Waals surface area contributed by atoms with Crippen LogP contribution in [-0.4, -0.2) is 16.6 Å². The number of nitrogens with zero attached hydrogens (tertiary/aromatic N) is 2. The lowest BCUT2D eigenvalue weighted by Gasteiger charge is -2.33. The molecule has 188 valence electrons. The normalized spacial score (nSPS) is 18.7. The number of nitrogens with one attached hydrogen (secondary N) is 1. The smallest absolute Gasteiger partial charge is 0.269 e. The minimum absolute atomic E-state index is 0.0120. The van der Waals surface area contributed by atoms with Crippen molar-refractivity contribution in [3.8, 4) is 0 Å². The van der Waals surface area contributed by atoms with Crippen molar-refractivity contribution in [1.29, 1.82) is 0 Å². The summed E-state index contributed by atoms with van der Waals surface area (Å²) in [6.45, 7) is 0. The van der Waals surface area contributed by atoms with E-state index in [9.17, 15) is 19.7 Å². The van der Waals surface area contributed by atoms with Gasteiger partial charge in [0, 0.05) is 35.4 Å². The summed E-state index contributed by atoms with van der Waals surface area (Å²) in [7, 11) is 0. The number of nitro benzene ring substituents is 1. The predicted octanol–water partition coefficient (Wildman–Crippen LogP) is 6.40. The summed E-state index contributed by atoms with van der Waals surface area (Å²) in [5, 5.41) is 14.8. The van der Waals surface area contributed by atoms with Gasteiger partial charge >= 0.3 is 0 Å². The van der Waals surface area contributed by atoms with E-state index in [-0.39, 0.29) is 29.7 Å². The lowest BCUT2D eigenvalue weighted by molar-refractivity contribution is -0.384. The van der Waals surface area contributed by atoms with Gasteiger partial charge in [-0.1, -0.05) is 42.5 Å². The largest absolute Gasteiger partial charge is 0.467 e. The number of furan rings is 1. The van der Waals surface area contributed by atoms with E-state index in [1.54, 1.807) is 47.4 Å². The molecule has 6 rings (SSSR count). The molecule has 2 heterocycles. The molecule has 3 aromatic carbocycles. The molecule has 0 unspecified atom stereocenters. The molecule has 1 aliphatic carbocycles. The van der Waals surface area contributed by atoms with Crippen LogP contribution in [0.5, 0.6) is 0 Å². The van der Waals surface area contributed by atoms with Gasteiger partial charge in [-0.2, -0.15) is 0 Å². The second-order valence-corrected chi connectivity index (χ2v) is 9.37. The zero-order valence-corrected chi connectivity index (χ0v) is 20.2. The van der Waals surface area contributed by atoms with Gasteiger partial charge < -0.3 is 9.73 Å². The summed E-state index contributed by atoms with van der Waals surface area (Å²) >= 11 is 0. The van der Waals surface area contributed by atoms with Crippen LogP contribution in [0.2, 0.25) is 0 Å². The molecule has 0 saturated heterocycles. The molecule has 8 heteroatoms. The zero-order chi connectivity index (χ0) is 26.2. The summed E-state index contributed by atoms with van der Waals surface area (Å²) in [6, 6.07) is 25.5. The molecule has 2 atom stereocenters. The predicted molar refractivity (Wildman–Crippen MR) is 142 cm³/mol. The van der Waals surface area contributed by atoms with E-state index in [0.717, 1.165) is 5.56 Å². The number of fused-ring (bicyclic) bond motifs is 1. The van der Waals surface area contributed by atoms with Gasteiger partial charge in [-0.15, -0.1) is 0 Å². The summed E-state index contributed by atoms with van der Waals surface area (Å²) < 4.78 is 5.83. The molecule has 2 aliphatic rings. The Labute approximate surface area is 218 Å². The van der Waals surface area contributed by atoms with Crippen molar-refractivity contribution in [1.82, 2.24) is 0 Å². The highest BCUT2D eigenvalue weighted by Gasteiger charge is 2.43. The Bertz CT molecular complexity index is 1580. The molecular weight excluding hydrogens is 482 g/mol. The molecule has 8 nitrogen and oxygen atoms in total. The number of rotatable bonds is 4. The van der Waals surface area contributed by atoms with Gasteiger partial charge in [0.05, 0.1) is 22.6 Å². The van der Waals surface area contributed by atoms with Gasteiger partial charge in [-0.05, 0) is 54.3 Å². The monoisotopic (exact) mass is 505 g/mol. The highest BCUT2D eigenvalue weighted by atomic mass is 16.6. The second kappa shape index (κ2) is 9.48. The van der Waals surface area contributed by atoms with Crippen molar-refractivity contribution in [3.63, 3.8) is 0 Å². The van der Waals surface area contributed by atoms with E-state index in [2.05, 4.69) is 5.32 Å². The molecule has 0 bridgehead atoms. The number of Topliss-reactive ketones (excluding diaryl/α,β-unsaturated/α-hetero) is 1. The van der Waals surface area contributed by atoms with Gasteiger partial charge in [-0.3, -0.25) is 24.6 Å². The Hall–Kier alpha value is -4.98. The van der Waals surface area contributed by atoms with Crippen molar-refractivity contribution in [3.05, 3.63) is 136 Å². The Morgan fingerprint density at radius 3 is 2.50 bits per heavy atom. The molecule has 38 heavy (non-hydrogen) atoms. The van der Waals surface area contributed by atoms with Crippen LogP contribution in [0.1, 0.15) is 46.5 Å². The van der Waals surface area contributed by atoms with Crippen molar-refractivity contribution in [2.75, 3.05) is 10.2 Å². The van der Waals surface area contributed by atoms with Crippen LogP contribution in [0.3, 0.4) is 0 Å². The van der Waals surface area contributed by atoms with Crippen LogP contribution >= 0.6 is 0 Å². The molecule has 0 saturated carbocycles. The van der Waals surface area contributed by atoms with Crippen molar-refractivity contribution in [2.45, 2.75) is 24.8 Å². The molecule has 1 N–H and O–H groups in total. The number of nitro groups is 1. The van der Waals surface area contributed by atoms with Crippen LogP contribution in [0.4, 0.5) is 17.1 Å². The number of carbonyl (C=O) groups is 2. The second-order valence-electron chi connectivity index (χ2n) is 9.37. The standard InChI is InChI=1S/C30H23N3O5/c34-26-18-21(20-10-6-11-22(16-20)33(36)37)17-24-28(26)29(27-14-7-15-38-27)32(25-13-5-4-12-23(25)31-24)30(35)19-8-2-1-3-9-19/h1-16,21,29,31H,17-18H2/t21-,29+/m1/s1. The Balaban J connectivity index is 1.52. The van der Waals surface area contributed by atoms with Gasteiger partial charge in [0.2, 0.25) is 0 Å². The van der Waals surface area contributed by atoms with Gasteiger partial charge in [0.1, 0.15) is 11.8 Å². The van der Waals surface area contributed by atoms with E-state index in [0.29, 0.717) is 40.4 Å². The lowest BCUT2D eigenvalue weighted by atomic mass is 9.79. The number of allylic oxidation sites excluding steroid dienone is 1. The molecular formula is C30H23N3O5. The first-order valence-corrected chi connectivity index (χ1v) is 12.3. The average molecular weight is 506 g/mol. The first-order chi connectivity index (χ1) is 18.5. The Kier molecular flexibility index (Phi) is 5.84. The maximum Gasteiger partial charge on any atom is 0.269 e. The fourth-order valence-corrected chi connectivity index (χ4v) is 5.38. The first kappa shape index (κ1) is 23.4. The summed E-state index contributed by atoms with van der Waals surface area (Å²) in [5.74, 6) is -0.184. The Morgan fingerprint density at radius 2 is 1.74 bits per heavy atom. The number of para-hydroxylation sites is 2. The van der Waals surface area contributed by atoms with Gasteiger partial charge in [0.25, 0.3) is 11.6 Å². The molecule has 1 amide bonds. The van der Waals surface area contributed by atoms with Crippen molar-refractivity contribution in [2.24, 2.45) is 0 Å². The molecule has 1 aliphatic heterocycles. The first-order valence-electron chi connectivity index (χ1n) is 12.3. The third-order valence-electron chi connectivity index (χ3n) is 7.09. The van der Waals surface area contributed by atoms with E-state index in [1.165, 1.54) is 18.4 Å². The lowest BCUT2D eigenvalue weighted by Crippen LogP contribution is -2.38. The van der Waals surface area contributed by atoms with Crippen LogP contribution in [0, 0.1) is 10.1 Å². The number of carbonyl (C=O) groups excluding carboxylic acids is 2. The Morgan fingerprint density at radius 1 is 0.947 bits per heavy atom. The number of hydrogen-bond acceptors (Lipinski definition) is 6. The summed E-state index contributed by atoms with van der Waals surface area (Å²) in [6.07, 6.45) is 2.13. The van der Waals surface area contributed by atoms with Crippen LogP contribution in [-0.2, 0) is 4.79 Å². The van der Waals surface area contributed by atoms with Gasteiger partial charge in [-0.25, -0.2) is 0 Å². The number of amides is 1. The van der Waals surface area contributed by atoms with E-state index >= 15 is 0 Å². The number of hydrogen-bond donors (Lipinski definition) is 1. The van der Waals surface area contributed by atoms with Crippen molar-refractivity contribution >= 4 is 28.8 Å². The molecule has 0 spiro atoms. The van der Waals surface area contributed by atoms with E-state index in [1.807, 2.05) is 36.4 Å². The topological polar surface area (TPSA) is 106 Å². The maximum atomic E-state index is 14.0. The summed E-state index contributed by atoms with van der Waals surface area (Å²) in [5.41, 5.74) is 3.65. The highest BCUT2D eigenvalue weighted by Crippen LogP contribution is 2.48. The molecule has 1 aromatic heterocycles. The zero-order valence-electron chi connectivity index (χ0n) is 20.2. The van der Waals surface area contributed by atoms with Crippen LogP contribution < -0.4 is 10.2 Å². The third-order valence-corrected chi connectivity index (χ3v) is 7.09. The van der Waals surface area contributed by atoms with Crippen LogP contribution in [0.15, 0.2) is 113 Å². The molecule has 4 aromatic rings. The highest BCUT2D eigenvalue weighted by molar-refractivity contribution is 6.11. The van der Waals surface area contributed by atoms with Crippen LogP contribution in [0.25, 0.3) is 0 Å². The fraction of sp³-hybridized carbons (Fsp3) is 0.133. The SMILES string of the molecule is O=C1C[C@H](c2cccc([N+](=O)[O-])c2)CC2=C1[C@H](c1ccco1)N(C(=O)c1ccccc1)c1ccccc1N2. The fourth-order valence-electron chi connectivity index (χ4n) is 5.38. The molecule has 0 fully saturated rings. The number of anilines is 2. The number of benzene rings is 3. The quantitative estimate of drug-likeness (QED) is 0.254. The van der Waals surface area contributed by atoms with Crippen molar-refractivity contribution < 1.29 is 18.9 Å². The maximum absolute atomic E-state index is 14.0. The van der Waals surface area contributed by atoms with Gasteiger partial charge in [0.15, 0.2) is 5.78 Å². The third kappa shape index (κ3) is 4.06. The summed E-state index contributed by atoms with van der Waals surface area (Å²) in [4.78, 5) is 40.6. The van der Waals surface area contributed by atoms with E-state index in [4.69, 9.17) is 4.42 Å². The minimum Gasteiger partial charge on any atom is -0.467 e. The minimum atomic E-state index is -0.789.